The highest BCUT2D eigenvalue weighted by molar-refractivity contribution is 6.30. The summed E-state index contributed by atoms with van der Waals surface area (Å²) in [6, 6.07) is 1.71. The number of nitrogens with two attached hydrogens (primary N) is 1. The molecule has 96 valence electrons. The monoisotopic (exact) mass is 266 g/mol. The fraction of sp³-hybridized carbons (Fsp3) is 0.364. The van der Waals surface area contributed by atoms with Gasteiger partial charge in [0.2, 0.25) is 0 Å². The van der Waals surface area contributed by atoms with Crippen molar-refractivity contribution in [3.63, 3.8) is 0 Å². The predicted molar refractivity (Wildman–Crippen MR) is 70.7 cm³/mol. The van der Waals surface area contributed by atoms with Crippen LogP contribution in [-0.2, 0) is 5.41 Å². The molecule has 2 aromatic rings. The van der Waals surface area contributed by atoms with Gasteiger partial charge in [0.25, 0.3) is 0 Å². The Morgan fingerprint density at radius 2 is 2.06 bits per heavy atom. The van der Waals surface area contributed by atoms with Gasteiger partial charge in [-0.15, -0.1) is 0 Å². The first kappa shape index (κ1) is 12.8. The number of nitrogen functional groups attached to an aromatic ring is 1. The van der Waals surface area contributed by atoms with Gasteiger partial charge in [0.15, 0.2) is 5.82 Å². The molecular formula is C11H15ClN6. The van der Waals surface area contributed by atoms with E-state index in [0.29, 0.717) is 22.5 Å². The summed E-state index contributed by atoms with van der Waals surface area (Å²) in [7, 11) is 0. The molecule has 0 atom stereocenters. The normalized spacial score (nSPS) is 11.6. The lowest BCUT2D eigenvalue weighted by molar-refractivity contribution is 0.543. The number of hydrogen-bond acceptors (Lipinski definition) is 5. The third kappa shape index (κ3) is 2.60. The maximum atomic E-state index is 5.85. The Bertz CT molecular complexity index is 557. The Kier molecular flexibility index (Phi) is 3.23. The second kappa shape index (κ2) is 4.55. The molecule has 0 aromatic carbocycles. The summed E-state index contributed by atoms with van der Waals surface area (Å²) in [6.07, 6.45) is 3.23. The Morgan fingerprint density at radius 1 is 1.33 bits per heavy atom. The van der Waals surface area contributed by atoms with E-state index in [1.54, 1.807) is 23.1 Å². The summed E-state index contributed by atoms with van der Waals surface area (Å²) in [5, 5.41) is 4.66. The molecule has 0 aliphatic carbocycles. The van der Waals surface area contributed by atoms with Gasteiger partial charge in [0.05, 0.1) is 17.4 Å². The van der Waals surface area contributed by atoms with Crippen molar-refractivity contribution < 1.29 is 0 Å². The molecule has 0 saturated heterocycles. The van der Waals surface area contributed by atoms with Gasteiger partial charge in [-0.25, -0.2) is 20.5 Å². The van der Waals surface area contributed by atoms with Crippen LogP contribution >= 0.6 is 11.6 Å². The molecule has 7 heteroatoms. The maximum Gasteiger partial charge on any atom is 0.159 e. The summed E-state index contributed by atoms with van der Waals surface area (Å²) in [4.78, 5) is 8.81. The summed E-state index contributed by atoms with van der Waals surface area (Å²) in [6.45, 7) is 6.09. The first-order chi connectivity index (χ1) is 8.40. The SMILES string of the molecule is CC(C)(C)c1nc(NN)cc(-n2cc(Cl)cn2)n1. The van der Waals surface area contributed by atoms with E-state index < -0.39 is 0 Å². The molecule has 2 rings (SSSR count). The van der Waals surface area contributed by atoms with Gasteiger partial charge < -0.3 is 5.43 Å². The first-order valence-electron chi connectivity index (χ1n) is 5.47. The predicted octanol–water partition coefficient (Wildman–Crippen LogP) is 1.90. The maximum absolute atomic E-state index is 5.85. The van der Waals surface area contributed by atoms with Crippen LogP contribution in [-0.4, -0.2) is 19.7 Å². The minimum atomic E-state index is -0.182. The van der Waals surface area contributed by atoms with E-state index in [2.05, 4.69) is 20.5 Å². The van der Waals surface area contributed by atoms with Crippen LogP contribution in [0.4, 0.5) is 5.82 Å². The van der Waals surface area contributed by atoms with Gasteiger partial charge in [-0.05, 0) is 0 Å². The molecule has 0 bridgehead atoms. The highest BCUT2D eigenvalue weighted by Crippen LogP contribution is 2.21. The highest BCUT2D eigenvalue weighted by Gasteiger charge is 2.19. The summed E-state index contributed by atoms with van der Waals surface area (Å²) in [5.74, 6) is 7.26. The molecule has 2 aromatic heterocycles. The molecule has 0 aliphatic rings. The Labute approximate surface area is 110 Å². The van der Waals surface area contributed by atoms with Gasteiger partial charge in [-0.1, -0.05) is 32.4 Å². The fourth-order valence-corrected chi connectivity index (χ4v) is 1.52. The topological polar surface area (TPSA) is 81.6 Å². The number of rotatable bonds is 2. The van der Waals surface area contributed by atoms with Gasteiger partial charge in [-0.2, -0.15) is 5.10 Å². The molecule has 0 saturated carbocycles. The number of halogens is 1. The third-order valence-electron chi connectivity index (χ3n) is 2.32. The van der Waals surface area contributed by atoms with E-state index in [1.807, 2.05) is 20.8 Å². The molecule has 6 nitrogen and oxygen atoms in total. The van der Waals surface area contributed by atoms with Crippen LogP contribution in [0.2, 0.25) is 5.02 Å². The summed E-state index contributed by atoms with van der Waals surface area (Å²) < 4.78 is 1.58. The zero-order chi connectivity index (χ0) is 13.3. The number of hydrazine groups is 1. The molecule has 0 aliphatic heterocycles. The van der Waals surface area contributed by atoms with Crippen molar-refractivity contribution in [1.82, 2.24) is 19.7 Å². The third-order valence-corrected chi connectivity index (χ3v) is 2.51. The molecule has 18 heavy (non-hydrogen) atoms. The molecule has 0 spiro atoms. The molecule has 0 unspecified atom stereocenters. The average molecular weight is 267 g/mol. The van der Waals surface area contributed by atoms with Crippen molar-refractivity contribution in [2.75, 3.05) is 5.43 Å². The average Bonchev–Trinajstić information content (AvgIpc) is 2.74. The lowest BCUT2D eigenvalue weighted by atomic mass is 9.96. The highest BCUT2D eigenvalue weighted by atomic mass is 35.5. The van der Waals surface area contributed by atoms with Crippen molar-refractivity contribution in [1.29, 1.82) is 0 Å². The molecule has 2 heterocycles. The second-order valence-electron chi connectivity index (χ2n) is 4.93. The second-order valence-corrected chi connectivity index (χ2v) is 5.37. The molecular weight excluding hydrogens is 252 g/mol. The molecule has 0 radical (unpaired) electrons. The number of hydrogen-bond donors (Lipinski definition) is 2. The summed E-state index contributed by atoms with van der Waals surface area (Å²) in [5.41, 5.74) is 2.35. The number of anilines is 1. The number of nitrogens with one attached hydrogen (secondary N) is 1. The van der Waals surface area contributed by atoms with Crippen LogP contribution in [0.25, 0.3) is 5.82 Å². The quantitative estimate of drug-likeness (QED) is 0.641. The Hall–Kier alpha value is -1.66. The van der Waals surface area contributed by atoms with E-state index in [1.165, 1.54) is 0 Å². The van der Waals surface area contributed by atoms with E-state index in [4.69, 9.17) is 17.4 Å². The zero-order valence-corrected chi connectivity index (χ0v) is 11.2. The van der Waals surface area contributed by atoms with Gasteiger partial charge in [0, 0.05) is 11.5 Å². The minimum Gasteiger partial charge on any atom is -0.308 e. The van der Waals surface area contributed by atoms with Crippen LogP contribution in [0.3, 0.4) is 0 Å². The smallest absolute Gasteiger partial charge is 0.159 e. The van der Waals surface area contributed by atoms with E-state index in [0.717, 1.165) is 0 Å². The van der Waals surface area contributed by atoms with Crippen molar-refractivity contribution in [2.24, 2.45) is 5.84 Å². The first-order valence-corrected chi connectivity index (χ1v) is 5.84. The Morgan fingerprint density at radius 3 is 2.56 bits per heavy atom. The van der Waals surface area contributed by atoms with Gasteiger partial charge in [-0.3, -0.25) is 0 Å². The van der Waals surface area contributed by atoms with E-state index in [9.17, 15) is 0 Å². The van der Waals surface area contributed by atoms with Crippen LogP contribution < -0.4 is 11.3 Å². The van der Waals surface area contributed by atoms with Crippen molar-refractivity contribution in [3.05, 3.63) is 29.3 Å². The van der Waals surface area contributed by atoms with Crippen LogP contribution in [0.5, 0.6) is 0 Å². The minimum absolute atomic E-state index is 0.182. The molecule has 0 amide bonds. The largest absolute Gasteiger partial charge is 0.308 e. The standard InChI is InChI=1S/C11H15ClN6/c1-11(2,3)10-15-8(17-13)4-9(16-10)18-6-7(12)5-14-18/h4-6H,13H2,1-3H3,(H,15,16,17). The molecule has 3 N–H and O–H groups in total. The van der Waals surface area contributed by atoms with Gasteiger partial charge in [0.1, 0.15) is 11.6 Å². The van der Waals surface area contributed by atoms with Crippen LogP contribution in [0.1, 0.15) is 26.6 Å². The van der Waals surface area contributed by atoms with E-state index >= 15 is 0 Å². The Balaban J connectivity index is 2.54. The lowest BCUT2D eigenvalue weighted by Crippen LogP contribution is -2.20. The van der Waals surface area contributed by atoms with Gasteiger partial charge >= 0.3 is 0 Å². The number of nitrogens with zero attached hydrogens (tertiary/aromatic N) is 4. The van der Waals surface area contributed by atoms with Crippen molar-refractivity contribution in [3.8, 4) is 5.82 Å². The number of aromatic nitrogens is 4. The zero-order valence-electron chi connectivity index (χ0n) is 10.5. The van der Waals surface area contributed by atoms with E-state index in [-0.39, 0.29) is 5.41 Å². The van der Waals surface area contributed by atoms with Crippen LogP contribution in [0.15, 0.2) is 18.5 Å². The molecule has 0 fully saturated rings. The van der Waals surface area contributed by atoms with Crippen molar-refractivity contribution >= 4 is 17.4 Å². The lowest BCUT2D eigenvalue weighted by Gasteiger charge is -2.18. The van der Waals surface area contributed by atoms with Crippen molar-refractivity contribution in [2.45, 2.75) is 26.2 Å². The van der Waals surface area contributed by atoms with Crippen LogP contribution in [0, 0.1) is 0 Å². The fourth-order valence-electron chi connectivity index (χ4n) is 1.39. The summed E-state index contributed by atoms with van der Waals surface area (Å²) >= 11 is 5.85.